The number of hydrogen-bond donors (Lipinski definition) is 0. The first-order chi connectivity index (χ1) is 12.3. The highest BCUT2D eigenvalue weighted by Gasteiger charge is 2.35. The van der Waals surface area contributed by atoms with Crippen molar-refractivity contribution in [3.05, 3.63) is 108 Å². The van der Waals surface area contributed by atoms with E-state index in [9.17, 15) is 0 Å². The van der Waals surface area contributed by atoms with Crippen LogP contribution in [0.4, 0.5) is 0 Å². The third kappa shape index (κ3) is 3.69. The maximum absolute atomic E-state index is 2.37. The van der Waals surface area contributed by atoms with Crippen LogP contribution in [-0.2, 0) is 5.41 Å². The van der Waals surface area contributed by atoms with Crippen molar-refractivity contribution >= 4 is 0 Å². The first-order valence-electron chi connectivity index (χ1n) is 9.44. The predicted molar refractivity (Wildman–Crippen MR) is 108 cm³/mol. The Kier molecular flexibility index (Phi) is 5.71. The molecule has 0 saturated heterocycles. The summed E-state index contributed by atoms with van der Waals surface area (Å²) in [6.45, 7) is 4.66. The van der Waals surface area contributed by atoms with Crippen LogP contribution < -0.4 is 0 Å². The smallest absolute Gasteiger partial charge is 0.0451 e. The van der Waals surface area contributed by atoms with Crippen LogP contribution in [0.1, 0.15) is 49.8 Å². The Hall–Kier alpha value is -2.34. The molecule has 0 nitrogen and oxygen atoms in total. The molecule has 0 saturated carbocycles. The zero-order chi connectivity index (χ0) is 17.5. The van der Waals surface area contributed by atoms with Gasteiger partial charge in [-0.25, -0.2) is 0 Å². The maximum Gasteiger partial charge on any atom is 0.0451 e. The van der Waals surface area contributed by atoms with Gasteiger partial charge < -0.3 is 0 Å². The topological polar surface area (TPSA) is 0 Å². The van der Waals surface area contributed by atoms with E-state index in [1.54, 1.807) is 0 Å². The van der Waals surface area contributed by atoms with Gasteiger partial charge in [0, 0.05) is 5.41 Å². The molecular formula is C25H28. The fourth-order valence-corrected chi connectivity index (χ4v) is 3.77. The van der Waals surface area contributed by atoms with Gasteiger partial charge in [0.1, 0.15) is 0 Å². The molecular weight excluding hydrogens is 300 g/mol. The molecule has 0 fully saturated rings. The molecule has 0 bridgehead atoms. The highest BCUT2D eigenvalue weighted by molar-refractivity contribution is 5.50. The molecule has 1 atom stereocenters. The second kappa shape index (κ2) is 8.16. The molecule has 0 N–H and O–H groups in total. The fourth-order valence-electron chi connectivity index (χ4n) is 3.77. The molecule has 25 heavy (non-hydrogen) atoms. The molecule has 0 radical (unpaired) electrons. The van der Waals surface area contributed by atoms with Crippen LogP contribution in [0.2, 0.25) is 0 Å². The van der Waals surface area contributed by atoms with Gasteiger partial charge in [0.05, 0.1) is 0 Å². The van der Waals surface area contributed by atoms with Crippen molar-refractivity contribution < 1.29 is 0 Å². The summed E-state index contributed by atoms with van der Waals surface area (Å²) in [5.74, 6) is 0.732. The molecule has 3 aromatic rings. The van der Waals surface area contributed by atoms with Crippen molar-refractivity contribution in [2.24, 2.45) is 5.92 Å². The van der Waals surface area contributed by atoms with Gasteiger partial charge in [-0.2, -0.15) is 0 Å². The lowest BCUT2D eigenvalue weighted by Gasteiger charge is -2.37. The Balaban J connectivity index is 2.20. The Bertz CT molecular complexity index is 647. The number of hydrogen-bond acceptors (Lipinski definition) is 0. The zero-order valence-electron chi connectivity index (χ0n) is 15.4. The summed E-state index contributed by atoms with van der Waals surface area (Å²) in [7, 11) is 0. The van der Waals surface area contributed by atoms with Crippen LogP contribution >= 0.6 is 0 Å². The quantitative estimate of drug-likeness (QED) is 0.416. The van der Waals surface area contributed by atoms with Crippen LogP contribution in [0, 0.1) is 5.92 Å². The van der Waals surface area contributed by atoms with E-state index in [0.717, 1.165) is 12.3 Å². The van der Waals surface area contributed by atoms with E-state index in [2.05, 4.69) is 105 Å². The van der Waals surface area contributed by atoms with E-state index in [1.807, 2.05) is 0 Å². The Morgan fingerprint density at radius 2 is 1.00 bits per heavy atom. The Morgan fingerprint density at radius 3 is 1.32 bits per heavy atom. The minimum absolute atomic E-state index is 0.0901. The van der Waals surface area contributed by atoms with Crippen molar-refractivity contribution in [1.29, 1.82) is 0 Å². The van der Waals surface area contributed by atoms with Gasteiger partial charge in [0.15, 0.2) is 0 Å². The molecule has 0 heterocycles. The van der Waals surface area contributed by atoms with Crippen molar-refractivity contribution in [2.75, 3.05) is 0 Å². The lowest BCUT2D eigenvalue weighted by molar-refractivity contribution is 0.432. The Morgan fingerprint density at radius 1 is 0.640 bits per heavy atom. The second-order valence-electron chi connectivity index (χ2n) is 7.06. The summed E-state index contributed by atoms with van der Waals surface area (Å²) in [6.07, 6.45) is 3.57. The zero-order valence-corrected chi connectivity index (χ0v) is 15.4. The molecule has 0 aliphatic rings. The summed E-state index contributed by atoms with van der Waals surface area (Å²) in [4.78, 5) is 0. The monoisotopic (exact) mass is 328 g/mol. The Labute approximate surface area is 152 Å². The normalized spacial score (nSPS) is 12.7. The van der Waals surface area contributed by atoms with E-state index in [4.69, 9.17) is 0 Å². The third-order valence-corrected chi connectivity index (χ3v) is 5.51. The number of benzene rings is 3. The van der Waals surface area contributed by atoms with Crippen LogP contribution in [0.25, 0.3) is 0 Å². The first kappa shape index (κ1) is 17.5. The average molecular weight is 328 g/mol. The van der Waals surface area contributed by atoms with Gasteiger partial charge >= 0.3 is 0 Å². The third-order valence-electron chi connectivity index (χ3n) is 5.51. The maximum atomic E-state index is 2.37. The predicted octanol–water partition coefficient (Wildman–Crippen LogP) is 6.85. The highest BCUT2D eigenvalue weighted by Crippen LogP contribution is 2.43. The largest absolute Gasteiger partial charge is 0.0651 e. The van der Waals surface area contributed by atoms with Gasteiger partial charge in [0.2, 0.25) is 0 Å². The summed E-state index contributed by atoms with van der Waals surface area (Å²) >= 11 is 0. The van der Waals surface area contributed by atoms with E-state index in [-0.39, 0.29) is 5.41 Å². The molecule has 3 aromatic carbocycles. The molecule has 3 rings (SSSR count). The van der Waals surface area contributed by atoms with Crippen molar-refractivity contribution in [3.63, 3.8) is 0 Å². The van der Waals surface area contributed by atoms with Crippen molar-refractivity contribution in [2.45, 2.75) is 38.5 Å². The van der Waals surface area contributed by atoms with E-state index in [1.165, 1.54) is 29.5 Å². The molecule has 0 aliphatic carbocycles. The summed E-state index contributed by atoms with van der Waals surface area (Å²) < 4.78 is 0. The minimum atomic E-state index is -0.0901. The van der Waals surface area contributed by atoms with Gasteiger partial charge in [-0.15, -0.1) is 0 Å². The lowest BCUT2D eigenvalue weighted by atomic mass is 9.66. The molecule has 0 aliphatic heterocycles. The molecule has 0 heteroatoms. The summed E-state index contributed by atoms with van der Waals surface area (Å²) in [5, 5.41) is 0. The van der Waals surface area contributed by atoms with Crippen LogP contribution in [0.15, 0.2) is 91.0 Å². The van der Waals surface area contributed by atoms with E-state index < -0.39 is 0 Å². The fraction of sp³-hybridized carbons (Fsp3) is 0.280. The summed E-state index contributed by atoms with van der Waals surface area (Å²) in [6, 6.07) is 33.1. The standard InChI is InChI=1S/C25H28/c1-3-21(2)19-20-25(22-13-7-4-8-14-22,23-15-9-5-10-16-23)24-17-11-6-12-18-24/h4-18,21H,3,19-20H2,1-2H3. The van der Waals surface area contributed by atoms with Gasteiger partial charge in [-0.3, -0.25) is 0 Å². The molecule has 0 aromatic heterocycles. The lowest BCUT2D eigenvalue weighted by Crippen LogP contribution is -2.30. The van der Waals surface area contributed by atoms with Gasteiger partial charge in [-0.1, -0.05) is 111 Å². The van der Waals surface area contributed by atoms with Gasteiger partial charge in [-0.05, 0) is 35.4 Å². The van der Waals surface area contributed by atoms with Crippen LogP contribution in [-0.4, -0.2) is 0 Å². The van der Waals surface area contributed by atoms with Crippen LogP contribution in [0.3, 0.4) is 0 Å². The van der Waals surface area contributed by atoms with E-state index >= 15 is 0 Å². The average Bonchev–Trinajstić information content (AvgIpc) is 2.71. The minimum Gasteiger partial charge on any atom is -0.0651 e. The molecule has 1 unspecified atom stereocenters. The molecule has 0 amide bonds. The second-order valence-corrected chi connectivity index (χ2v) is 7.06. The van der Waals surface area contributed by atoms with E-state index in [0.29, 0.717) is 0 Å². The first-order valence-corrected chi connectivity index (χ1v) is 9.44. The van der Waals surface area contributed by atoms with Crippen molar-refractivity contribution in [3.8, 4) is 0 Å². The van der Waals surface area contributed by atoms with Crippen LogP contribution in [0.5, 0.6) is 0 Å². The van der Waals surface area contributed by atoms with Crippen molar-refractivity contribution in [1.82, 2.24) is 0 Å². The summed E-state index contributed by atoms with van der Waals surface area (Å²) in [5.41, 5.74) is 4.06. The highest BCUT2D eigenvalue weighted by atomic mass is 14.4. The number of rotatable bonds is 7. The molecule has 0 spiro atoms. The molecule has 128 valence electrons. The SMILES string of the molecule is CCC(C)CCC(c1ccccc1)(c1ccccc1)c1ccccc1. The van der Waals surface area contributed by atoms with Gasteiger partial charge in [0.25, 0.3) is 0 Å².